The van der Waals surface area contributed by atoms with Gasteiger partial charge in [-0.3, -0.25) is 0 Å². The van der Waals surface area contributed by atoms with Crippen LogP contribution in [-0.4, -0.2) is 58.9 Å². The van der Waals surface area contributed by atoms with Gasteiger partial charge in [-0.1, -0.05) is 6.07 Å². The summed E-state index contributed by atoms with van der Waals surface area (Å²) in [7, 11) is 0. The highest BCUT2D eigenvalue weighted by Gasteiger charge is 2.40. The minimum Gasteiger partial charge on any atom is -0.465 e. The standard InChI is InChI=1S/C16H22N4O4/c1-3-17-15(21)24-9-12-5-4-11-6-13-8-19(16(22)23)7-10(2)20(13)14(11)18-12/h4-5,10,13H,3,6-9H2,1-2H3,(H,17,21)(H,22,23)/t10-,13-/m1/s1. The van der Waals surface area contributed by atoms with Crippen molar-refractivity contribution in [3.05, 3.63) is 23.4 Å². The smallest absolute Gasteiger partial charge is 0.407 e. The molecule has 2 aliphatic heterocycles. The number of nitrogens with one attached hydrogen (secondary N) is 1. The lowest BCUT2D eigenvalue weighted by molar-refractivity contribution is 0.128. The lowest BCUT2D eigenvalue weighted by Gasteiger charge is -2.42. The minimum absolute atomic E-state index is 0.0631. The molecule has 2 atom stereocenters. The average Bonchev–Trinajstić information content (AvgIpc) is 2.91. The number of carboxylic acid groups (broad SMARTS) is 1. The number of pyridine rings is 1. The van der Waals surface area contributed by atoms with Crippen molar-refractivity contribution in [1.29, 1.82) is 0 Å². The van der Waals surface area contributed by atoms with E-state index in [4.69, 9.17) is 4.74 Å². The third-order valence-corrected chi connectivity index (χ3v) is 4.44. The lowest BCUT2D eigenvalue weighted by atomic mass is 10.1. The number of nitrogens with zero attached hydrogens (tertiary/aromatic N) is 3. The molecule has 8 heteroatoms. The highest BCUT2D eigenvalue weighted by molar-refractivity contribution is 5.67. The Morgan fingerprint density at radius 1 is 1.42 bits per heavy atom. The Morgan fingerprint density at radius 2 is 2.21 bits per heavy atom. The van der Waals surface area contributed by atoms with Crippen LogP contribution in [0.2, 0.25) is 0 Å². The molecule has 0 saturated carbocycles. The van der Waals surface area contributed by atoms with Gasteiger partial charge >= 0.3 is 12.2 Å². The second-order valence-corrected chi connectivity index (χ2v) is 6.19. The largest absolute Gasteiger partial charge is 0.465 e. The summed E-state index contributed by atoms with van der Waals surface area (Å²) in [6.07, 6.45) is -0.545. The Hall–Kier alpha value is -2.51. The summed E-state index contributed by atoms with van der Waals surface area (Å²) in [6.45, 7) is 5.42. The van der Waals surface area contributed by atoms with Gasteiger partial charge in [0.05, 0.1) is 11.7 Å². The van der Waals surface area contributed by atoms with Gasteiger partial charge in [0.1, 0.15) is 12.4 Å². The molecule has 0 aromatic carbocycles. The molecule has 1 saturated heterocycles. The molecule has 3 rings (SSSR count). The SMILES string of the molecule is CCNC(=O)OCc1ccc2c(n1)N1[C@H](C2)CN(C(=O)O)C[C@H]1C. The van der Waals surface area contributed by atoms with Gasteiger partial charge in [-0.15, -0.1) is 0 Å². The number of fused-ring (bicyclic) bond motifs is 3. The molecule has 1 aromatic rings. The molecule has 2 amide bonds. The number of carbonyl (C=O) groups is 2. The molecule has 130 valence electrons. The predicted molar refractivity (Wildman–Crippen MR) is 87.1 cm³/mol. The van der Waals surface area contributed by atoms with E-state index in [0.29, 0.717) is 25.3 Å². The van der Waals surface area contributed by atoms with Gasteiger partial charge < -0.3 is 25.0 Å². The summed E-state index contributed by atoms with van der Waals surface area (Å²) >= 11 is 0. The Bertz CT molecular complexity index is 651. The number of carbonyl (C=O) groups excluding carboxylic acids is 1. The number of aromatic nitrogens is 1. The van der Waals surface area contributed by atoms with Crippen molar-refractivity contribution in [2.45, 2.75) is 39.0 Å². The minimum atomic E-state index is -0.874. The van der Waals surface area contributed by atoms with Gasteiger partial charge in [-0.2, -0.15) is 0 Å². The highest BCUT2D eigenvalue weighted by atomic mass is 16.5. The Balaban J connectivity index is 1.73. The molecular formula is C16H22N4O4. The van der Waals surface area contributed by atoms with Crippen molar-refractivity contribution < 1.29 is 19.4 Å². The number of hydrogen-bond acceptors (Lipinski definition) is 5. The van der Waals surface area contributed by atoms with Gasteiger partial charge in [-0.25, -0.2) is 14.6 Å². The number of rotatable bonds is 3. The number of alkyl carbamates (subject to hydrolysis) is 1. The van der Waals surface area contributed by atoms with Gasteiger partial charge in [0.15, 0.2) is 0 Å². The van der Waals surface area contributed by atoms with Gasteiger partial charge in [-0.05, 0) is 31.9 Å². The van der Waals surface area contributed by atoms with Crippen molar-refractivity contribution in [2.75, 3.05) is 24.5 Å². The molecule has 0 spiro atoms. The van der Waals surface area contributed by atoms with Crippen LogP contribution in [0.4, 0.5) is 15.4 Å². The maximum atomic E-state index is 11.4. The van der Waals surface area contributed by atoms with Crippen LogP contribution in [0.25, 0.3) is 0 Å². The van der Waals surface area contributed by atoms with E-state index < -0.39 is 12.2 Å². The van der Waals surface area contributed by atoms with E-state index in [1.807, 2.05) is 26.0 Å². The average molecular weight is 334 g/mol. The van der Waals surface area contributed by atoms with Crippen LogP contribution >= 0.6 is 0 Å². The summed E-state index contributed by atoms with van der Waals surface area (Å²) in [5.74, 6) is 0.884. The molecule has 0 aliphatic carbocycles. The lowest BCUT2D eigenvalue weighted by Crippen LogP contribution is -2.58. The first-order valence-electron chi connectivity index (χ1n) is 8.15. The second-order valence-electron chi connectivity index (χ2n) is 6.19. The molecule has 8 nitrogen and oxygen atoms in total. The zero-order valence-corrected chi connectivity index (χ0v) is 13.9. The van der Waals surface area contributed by atoms with Crippen LogP contribution in [0.15, 0.2) is 12.1 Å². The quantitative estimate of drug-likeness (QED) is 0.868. The highest BCUT2D eigenvalue weighted by Crippen LogP contribution is 2.35. The molecule has 0 unspecified atom stereocenters. The third-order valence-electron chi connectivity index (χ3n) is 4.44. The van der Waals surface area contributed by atoms with E-state index in [-0.39, 0.29) is 18.7 Å². The summed E-state index contributed by atoms with van der Waals surface area (Å²) in [6, 6.07) is 4.03. The first-order valence-corrected chi connectivity index (χ1v) is 8.15. The third kappa shape index (κ3) is 3.08. The first kappa shape index (κ1) is 16.4. The van der Waals surface area contributed by atoms with Crippen molar-refractivity contribution in [3.8, 4) is 0 Å². The van der Waals surface area contributed by atoms with E-state index in [2.05, 4.69) is 15.2 Å². The van der Waals surface area contributed by atoms with Crippen molar-refractivity contribution in [2.24, 2.45) is 0 Å². The molecule has 0 radical (unpaired) electrons. The monoisotopic (exact) mass is 334 g/mol. The molecule has 2 aliphatic rings. The Morgan fingerprint density at radius 3 is 2.92 bits per heavy atom. The van der Waals surface area contributed by atoms with E-state index in [9.17, 15) is 14.7 Å². The van der Waals surface area contributed by atoms with E-state index >= 15 is 0 Å². The van der Waals surface area contributed by atoms with Crippen LogP contribution in [-0.2, 0) is 17.8 Å². The fraction of sp³-hybridized carbons (Fsp3) is 0.562. The predicted octanol–water partition coefficient (Wildman–Crippen LogP) is 1.44. The van der Waals surface area contributed by atoms with E-state index in [1.165, 1.54) is 4.90 Å². The number of ether oxygens (including phenoxy) is 1. The van der Waals surface area contributed by atoms with E-state index in [1.54, 1.807) is 0 Å². The fourth-order valence-corrected chi connectivity index (χ4v) is 3.45. The Kier molecular flexibility index (Phi) is 4.46. The summed E-state index contributed by atoms with van der Waals surface area (Å²) in [5, 5.41) is 11.8. The number of amides is 2. The van der Waals surface area contributed by atoms with Crippen molar-refractivity contribution in [1.82, 2.24) is 15.2 Å². The normalized spacial score (nSPS) is 21.9. The van der Waals surface area contributed by atoms with Crippen LogP contribution in [0.5, 0.6) is 0 Å². The van der Waals surface area contributed by atoms with Crippen LogP contribution in [0, 0.1) is 0 Å². The second kappa shape index (κ2) is 6.54. The first-order chi connectivity index (χ1) is 11.5. The fourth-order valence-electron chi connectivity index (χ4n) is 3.45. The number of piperazine rings is 1. The van der Waals surface area contributed by atoms with Crippen molar-refractivity contribution >= 4 is 18.0 Å². The maximum absolute atomic E-state index is 11.4. The molecule has 1 fully saturated rings. The summed E-state index contributed by atoms with van der Waals surface area (Å²) in [4.78, 5) is 31.0. The van der Waals surface area contributed by atoms with E-state index in [0.717, 1.165) is 17.8 Å². The molecule has 3 heterocycles. The van der Waals surface area contributed by atoms with Crippen molar-refractivity contribution in [3.63, 3.8) is 0 Å². The molecule has 1 aromatic heterocycles. The molecular weight excluding hydrogens is 312 g/mol. The van der Waals surface area contributed by atoms with Gasteiger partial charge in [0.25, 0.3) is 0 Å². The van der Waals surface area contributed by atoms with Crippen LogP contribution in [0.1, 0.15) is 25.1 Å². The molecule has 2 N–H and O–H groups in total. The topological polar surface area (TPSA) is 95.0 Å². The molecule has 0 bridgehead atoms. The Labute approximate surface area is 140 Å². The summed E-state index contributed by atoms with van der Waals surface area (Å²) < 4.78 is 5.12. The van der Waals surface area contributed by atoms with Crippen LogP contribution in [0.3, 0.4) is 0 Å². The van der Waals surface area contributed by atoms with Crippen LogP contribution < -0.4 is 10.2 Å². The number of anilines is 1. The number of hydrogen-bond donors (Lipinski definition) is 2. The summed E-state index contributed by atoms with van der Waals surface area (Å²) in [5.41, 5.74) is 1.80. The molecule has 24 heavy (non-hydrogen) atoms. The van der Waals surface area contributed by atoms with Gasteiger partial charge in [0.2, 0.25) is 0 Å². The zero-order chi connectivity index (χ0) is 17.3. The maximum Gasteiger partial charge on any atom is 0.407 e. The zero-order valence-electron chi connectivity index (χ0n) is 13.9. The van der Waals surface area contributed by atoms with Gasteiger partial charge in [0, 0.05) is 25.7 Å².